The molecule has 0 aliphatic heterocycles. The van der Waals surface area contributed by atoms with Gasteiger partial charge in [0.2, 0.25) is 0 Å². The number of furan rings is 1. The monoisotopic (exact) mass is 343 g/mol. The quantitative estimate of drug-likeness (QED) is 0.703. The minimum atomic E-state index is -0.0174. The van der Waals surface area contributed by atoms with Crippen LogP contribution < -0.4 is 0 Å². The van der Waals surface area contributed by atoms with Crippen LogP contribution in [0.1, 0.15) is 16.1 Å². The summed E-state index contributed by atoms with van der Waals surface area (Å²) in [5.74, 6) is 0.756. The van der Waals surface area contributed by atoms with Gasteiger partial charge in [0.05, 0.1) is 12.8 Å². The van der Waals surface area contributed by atoms with Crippen molar-refractivity contribution >= 4 is 32.6 Å². The van der Waals surface area contributed by atoms with Crippen molar-refractivity contribution in [2.24, 2.45) is 0 Å². The molecule has 3 rings (SSSR count). The number of hydrogen-bond donors (Lipinski definition) is 0. The van der Waals surface area contributed by atoms with E-state index in [9.17, 15) is 4.79 Å². The van der Waals surface area contributed by atoms with Crippen molar-refractivity contribution in [1.29, 1.82) is 0 Å². The van der Waals surface area contributed by atoms with Gasteiger partial charge >= 0.3 is 0 Å². The predicted octanol–water partition coefficient (Wildman–Crippen LogP) is 4.47. The van der Waals surface area contributed by atoms with E-state index in [1.165, 1.54) is 0 Å². The molecule has 0 saturated carbocycles. The first-order valence-corrected chi connectivity index (χ1v) is 7.40. The van der Waals surface area contributed by atoms with E-state index in [1.807, 2.05) is 48.5 Å². The summed E-state index contributed by atoms with van der Waals surface area (Å²) in [6, 6.07) is 15.4. The lowest BCUT2D eigenvalue weighted by Crippen LogP contribution is -2.25. The maximum Gasteiger partial charge on any atom is 0.254 e. The van der Waals surface area contributed by atoms with E-state index >= 15 is 0 Å². The molecule has 0 aliphatic rings. The molecule has 0 spiro atoms. The summed E-state index contributed by atoms with van der Waals surface area (Å²) in [6.45, 7) is 0.463. The predicted molar refractivity (Wildman–Crippen MR) is 86.2 cm³/mol. The number of amides is 1. The Bertz CT molecular complexity index is 781. The summed E-state index contributed by atoms with van der Waals surface area (Å²) in [5.41, 5.74) is 0.680. The highest BCUT2D eigenvalue weighted by Crippen LogP contribution is 2.21. The summed E-state index contributed by atoms with van der Waals surface area (Å²) in [5, 5.41) is 2.16. The van der Waals surface area contributed by atoms with Gasteiger partial charge < -0.3 is 9.32 Å². The molecule has 0 radical (unpaired) electrons. The summed E-state index contributed by atoms with van der Waals surface area (Å²) in [7, 11) is 1.77. The van der Waals surface area contributed by atoms with Crippen molar-refractivity contribution < 1.29 is 9.21 Å². The molecular weight excluding hydrogens is 330 g/mol. The average molecular weight is 344 g/mol. The van der Waals surface area contributed by atoms with Gasteiger partial charge in [-0.25, -0.2) is 0 Å². The molecule has 4 heteroatoms. The van der Waals surface area contributed by atoms with Crippen molar-refractivity contribution in [3.05, 3.63) is 70.6 Å². The molecule has 0 atom stereocenters. The third-order valence-corrected chi connectivity index (χ3v) is 3.86. The van der Waals surface area contributed by atoms with Crippen LogP contribution in [-0.2, 0) is 6.54 Å². The lowest BCUT2D eigenvalue weighted by Gasteiger charge is -2.16. The zero-order chi connectivity index (χ0) is 14.8. The Morgan fingerprint density at radius 3 is 2.67 bits per heavy atom. The minimum Gasteiger partial charge on any atom is -0.467 e. The zero-order valence-electron chi connectivity index (χ0n) is 11.5. The van der Waals surface area contributed by atoms with Gasteiger partial charge in [0, 0.05) is 17.1 Å². The molecule has 1 amide bonds. The fraction of sp³-hybridized carbons (Fsp3) is 0.118. The SMILES string of the molecule is CN(Cc1ccco1)C(=O)c1ccc2cc(Br)ccc2c1. The minimum absolute atomic E-state index is 0.0174. The third-order valence-electron chi connectivity index (χ3n) is 3.37. The largest absolute Gasteiger partial charge is 0.467 e. The number of carbonyl (C=O) groups is 1. The normalized spacial score (nSPS) is 10.8. The zero-order valence-corrected chi connectivity index (χ0v) is 13.1. The fourth-order valence-corrected chi connectivity index (χ4v) is 2.66. The Kier molecular flexibility index (Phi) is 3.80. The van der Waals surface area contributed by atoms with E-state index in [-0.39, 0.29) is 5.91 Å². The molecule has 0 saturated heterocycles. The smallest absolute Gasteiger partial charge is 0.254 e. The molecule has 0 unspecified atom stereocenters. The van der Waals surface area contributed by atoms with Gasteiger partial charge in [-0.1, -0.05) is 28.1 Å². The fourth-order valence-electron chi connectivity index (χ4n) is 2.28. The van der Waals surface area contributed by atoms with Crippen LogP contribution in [0.15, 0.2) is 63.7 Å². The second kappa shape index (κ2) is 5.74. The highest BCUT2D eigenvalue weighted by molar-refractivity contribution is 9.10. The highest BCUT2D eigenvalue weighted by Gasteiger charge is 2.13. The van der Waals surface area contributed by atoms with Gasteiger partial charge in [-0.15, -0.1) is 0 Å². The van der Waals surface area contributed by atoms with Crippen LogP contribution in [0.5, 0.6) is 0 Å². The van der Waals surface area contributed by atoms with Crippen LogP contribution >= 0.6 is 15.9 Å². The second-order valence-corrected chi connectivity index (χ2v) is 5.86. The standard InChI is InChI=1S/C17H14BrNO2/c1-19(11-16-3-2-8-21-16)17(20)14-5-4-13-10-15(18)7-6-12(13)9-14/h2-10H,11H2,1H3. The number of benzene rings is 2. The van der Waals surface area contributed by atoms with Gasteiger partial charge in [-0.05, 0) is 47.2 Å². The summed E-state index contributed by atoms with van der Waals surface area (Å²) >= 11 is 3.45. The summed E-state index contributed by atoms with van der Waals surface area (Å²) < 4.78 is 6.31. The first-order valence-electron chi connectivity index (χ1n) is 6.60. The molecular formula is C17H14BrNO2. The molecule has 3 nitrogen and oxygen atoms in total. The van der Waals surface area contributed by atoms with Crippen molar-refractivity contribution in [2.75, 3.05) is 7.05 Å². The number of rotatable bonds is 3. The van der Waals surface area contributed by atoms with E-state index in [0.29, 0.717) is 12.1 Å². The Morgan fingerprint density at radius 1 is 1.14 bits per heavy atom. The van der Waals surface area contributed by atoms with E-state index < -0.39 is 0 Å². The van der Waals surface area contributed by atoms with E-state index in [2.05, 4.69) is 15.9 Å². The Balaban J connectivity index is 1.85. The van der Waals surface area contributed by atoms with Crippen LogP contribution in [0.4, 0.5) is 0 Å². The molecule has 1 heterocycles. The molecule has 0 N–H and O–H groups in total. The summed E-state index contributed by atoms with van der Waals surface area (Å²) in [6.07, 6.45) is 1.61. The summed E-state index contributed by atoms with van der Waals surface area (Å²) in [4.78, 5) is 14.1. The molecule has 3 aromatic rings. The van der Waals surface area contributed by atoms with Gasteiger partial charge in [0.1, 0.15) is 5.76 Å². The number of halogens is 1. The molecule has 0 bridgehead atoms. The molecule has 2 aromatic carbocycles. The van der Waals surface area contributed by atoms with E-state index in [0.717, 1.165) is 21.0 Å². The van der Waals surface area contributed by atoms with Gasteiger partial charge in [-0.2, -0.15) is 0 Å². The molecule has 0 fully saturated rings. The van der Waals surface area contributed by atoms with E-state index in [1.54, 1.807) is 18.2 Å². The highest BCUT2D eigenvalue weighted by atomic mass is 79.9. The van der Waals surface area contributed by atoms with Crippen molar-refractivity contribution in [3.63, 3.8) is 0 Å². The Labute approximate surface area is 131 Å². The maximum absolute atomic E-state index is 12.5. The Morgan fingerprint density at radius 2 is 1.90 bits per heavy atom. The first-order chi connectivity index (χ1) is 10.1. The number of carbonyl (C=O) groups excluding carboxylic acids is 1. The topological polar surface area (TPSA) is 33.5 Å². The van der Waals surface area contributed by atoms with Crippen molar-refractivity contribution in [3.8, 4) is 0 Å². The van der Waals surface area contributed by atoms with Gasteiger partial charge in [-0.3, -0.25) is 4.79 Å². The lowest BCUT2D eigenvalue weighted by molar-refractivity contribution is 0.0775. The number of fused-ring (bicyclic) bond motifs is 1. The third kappa shape index (κ3) is 3.00. The van der Waals surface area contributed by atoms with Crippen molar-refractivity contribution in [2.45, 2.75) is 6.54 Å². The number of nitrogens with zero attached hydrogens (tertiary/aromatic N) is 1. The van der Waals surface area contributed by atoms with Crippen molar-refractivity contribution in [1.82, 2.24) is 4.90 Å². The van der Waals surface area contributed by atoms with Crippen LogP contribution in [0.25, 0.3) is 10.8 Å². The maximum atomic E-state index is 12.5. The van der Waals surface area contributed by atoms with Crippen LogP contribution in [-0.4, -0.2) is 17.9 Å². The molecule has 21 heavy (non-hydrogen) atoms. The first kappa shape index (κ1) is 13.9. The van der Waals surface area contributed by atoms with Gasteiger partial charge in [0.25, 0.3) is 5.91 Å². The van der Waals surface area contributed by atoms with Crippen LogP contribution in [0.2, 0.25) is 0 Å². The molecule has 106 valence electrons. The van der Waals surface area contributed by atoms with E-state index in [4.69, 9.17) is 4.42 Å². The second-order valence-electron chi connectivity index (χ2n) is 4.95. The molecule has 1 aromatic heterocycles. The number of hydrogen-bond acceptors (Lipinski definition) is 2. The lowest BCUT2D eigenvalue weighted by atomic mass is 10.1. The van der Waals surface area contributed by atoms with Gasteiger partial charge in [0.15, 0.2) is 0 Å². The van der Waals surface area contributed by atoms with Crippen LogP contribution in [0, 0.1) is 0 Å². The van der Waals surface area contributed by atoms with Crippen LogP contribution in [0.3, 0.4) is 0 Å². The average Bonchev–Trinajstić information content (AvgIpc) is 2.98. The molecule has 0 aliphatic carbocycles. The Hall–Kier alpha value is -2.07.